The van der Waals surface area contributed by atoms with E-state index < -0.39 is 5.97 Å². The van der Waals surface area contributed by atoms with Crippen molar-refractivity contribution in [3.63, 3.8) is 0 Å². The number of pyridine rings is 1. The largest absolute Gasteiger partial charge is 0.478 e. The topological polar surface area (TPSA) is 53.4 Å². The highest BCUT2D eigenvalue weighted by molar-refractivity contribution is 5.87. The first-order valence-electron chi connectivity index (χ1n) is 9.42. The van der Waals surface area contributed by atoms with Gasteiger partial charge >= 0.3 is 5.97 Å². The average Bonchev–Trinajstić information content (AvgIpc) is 2.80. The lowest BCUT2D eigenvalue weighted by Crippen LogP contribution is -2.09. The third-order valence-corrected chi connectivity index (χ3v) is 4.50. The van der Waals surface area contributed by atoms with Gasteiger partial charge in [-0.2, -0.15) is 0 Å². The Morgan fingerprint density at radius 1 is 0.733 bits per heavy atom. The number of hydrogen-bond donors (Lipinski definition) is 1. The van der Waals surface area contributed by atoms with Crippen molar-refractivity contribution in [1.82, 2.24) is 4.98 Å². The summed E-state index contributed by atoms with van der Waals surface area (Å²) in [5, 5.41) is 9.08. The van der Waals surface area contributed by atoms with E-state index in [1.54, 1.807) is 0 Å². The minimum Gasteiger partial charge on any atom is -0.478 e. The van der Waals surface area contributed by atoms with Crippen molar-refractivity contribution in [2.45, 2.75) is 0 Å². The van der Waals surface area contributed by atoms with Gasteiger partial charge in [-0.25, -0.2) is 9.78 Å². The molecule has 0 spiro atoms. The molecule has 4 heteroatoms. The Hall–Kier alpha value is -4.36. The van der Waals surface area contributed by atoms with Gasteiger partial charge < -0.3 is 10.0 Å². The zero-order valence-electron chi connectivity index (χ0n) is 16.1. The molecule has 30 heavy (non-hydrogen) atoms. The van der Waals surface area contributed by atoms with Crippen molar-refractivity contribution < 1.29 is 9.90 Å². The van der Waals surface area contributed by atoms with Crippen molar-refractivity contribution in [1.29, 1.82) is 0 Å². The Kier molecular flexibility index (Phi) is 5.54. The fourth-order valence-corrected chi connectivity index (χ4v) is 3.06. The molecule has 1 N–H and O–H groups in total. The molecule has 0 amide bonds. The number of carbonyl (C=O) groups is 1. The van der Waals surface area contributed by atoms with Crippen LogP contribution in [0.3, 0.4) is 0 Å². The molecule has 4 nitrogen and oxygen atoms in total. The van der Waals surface area contributed by atoms with Crippen molar-refractivity contribution in [3.8, 4) is 11.8 Å². The predicted octanol–water partition coefficient (Wildman–Crippen LogP) is 5.65. The number of para-hydroxylation sites is 2. The molecule has 0 fully saturated rings. The summed E-state index contributed by atoms with van der Waals surface area (Å²) >= 11 is 0. The van der Waals surface area contributed by atoms with Gasteiger partial charge in [-0.05, 0) is 66.6 Å². The third kappa shape index (κ3) is 4.37. The van der Waals surface area contributed by atoms with E-state index in [1.807, 2.05) is 60.7 Å². The van der Waals surface area contributed by atoms with E-state index in [0.717, 1.165) is 22.6 Å². The molecule has 4 aromatic rings. The first-order valence-corrected chi connectivity index (χ1v) is 9.42. The summed E-state index contributed by atoms with van der Waals surface area (Å²) in [6.07, 6.45) is 1.45. The van der Waals surface area contributed by atoms with Crippen LogP contribution in [-0.2, 0) is 0 Å². The predicted molar refractivity (Wildman–Crippen MR) is 118 cm³/mol. The average molecular weight is 390 g/mol. The second-order valence-corrected chi connectivity index (χ2v) is 6.54. The zero-order valence-corrected chi connectivity index (χ0v) is 16.1. The molecule has 0 bridgehead atoms. The van der Waals surface area contributed by atoms with Gasteiger partial charge in [0.15, 0.2) is 0 Å². The Labute approximate surface area is 175 Å². The molecule has 4 rings (SSSR count). The van der Waals surface area contributed by atoms with Crippen molar-refractivity contribution >= 4 is 23.0 Å². The maximum absolute atomic E-state index is 11.1. The zero-order chi connectivity index (χ0) is 20.8. The van der Waals surface area contributed by atoms with E-state index in [2.05, 4.69) is 46.0 Å². The smallest absolute Gasteiger partial charge is 0.335 e. The van der Waals surface area contributed by atoms with Crippen LogP contribution in [-0.4, -0.2) is 16.1 Å². The molecule has 0 saturated carbocycles. The summed E-state index contributed by atoms with van der Waals surface area (Å²) in [6.45, 7) is 0. The van der Waals surface area contributed by atoms with Gasteiger partial charge in [-0.1, -0.05) is 42.3 Å². The van der Waals surface area contributed by atoms with E-state index in [4.69, 9.17) is 5.11 Å². The summed E-state index contributed by atoms with van der Waals surface area (Å²) in [6, 6.07) is 31.2. The number of nitrogens with zero attached hydrogens (tertiary/aromatic N) is 2. The minimum atomic E-state index is -0.994. The first-order chi connectivity index (χ1) is 14.7. The summed E-state index contributed by atoms with van der Waals surface area (Å²) < 4.78 is 0. The number of carboxylic acid groups (broad SMARTS) is 1. The summed E-state index contributed by atoms with van der Waals surface area (Å²) in [5.74, 6) is 4.99. The number of rotatable bonds is 4. The molecule has 1 aromatic heterocycles. The SMILES string of the molecule is O=C(O)c1ccnc(C#Cc2ccc(N(c3ccccc3)c3ccccc3)cc2)c1. The quantitative estimate of drug-likeness (QED) is 0.458. The van der Waals surface area contributed by atoms with E-state index in [1.165, 1.54) is 18.3 Å². The van der Waals surface area contributed by atoms with Crippen LogP contribution in [0.4, 0.5) is 17.1 Å². The number of hydrogen-bond acceptors (Lipinski definition) is 3. The van der Waals surface area contributed by atoms with Gasteiger partial charge in [0, 0.05) is 28.8 Å². The molecule has 144 valence electrons. The molecule has 0 aliphatic carbocycles. The van der Waals surface area contributed by atoms with Crippen LogP contribution < -0.4 is 4.90 Å². The van der Waals surface area contributed by atoms with Crippen LogP contribution in [0.2, 0.25) is 0 Å². The maximum Gasteiger partial charge on any atom is 0.335 e. The first kappa shape index (κ1) is 19.0. The lowest BCUT2D eigenvalue weighted by Gasteiger charge is -2.25. The number of anilines is 3. The molecule has 0 atom stereocenters. The summed E-state index contributed by atoms with van der Waals surface area (Å²) in [7, 11) is 0. The Morgan fingerprint density at radius 3 is 1.87 bits per heavy atom. The van der Waals surface area contributed by atoms with E-state index in [0.29, 0.717) is 5.69 Å². The molecule has 1 heterocycles. The van der Waals surface area contributed by atoms with Crippen molar-refractivity contribution in [3.05, 3.63) is 120 Å². The van der Waals surface area contributed by atoms with Crippen LogP contribution in [0.25, 0.3) is 0 Å². The van der Waals surface area contributed by atoms with Gasteiger partial charge in [0.1, 0.15) is 5.69 Å². The molecule has 3 aromatic carbocycles. The van der Waals surface area contributed by atoms with Gasteiger partial charge in [-0.3, -0.25) is 0 Å². The lowest BCUT2D eigenvalue weighted by molar-refractivity contribution is 0.0696. The van der Waals surface area contributed by atoms with Crippen molar-refractivity contribution in [2.24, 2.45) is 0 Å². The molecular weight excluding hydrogens is 372 g/mol. The third-order valence-electron chi connectivity index (χ3n) is 4.50. The summed E-state index contributed by atoms with van der Waals surface area (Å²) in [5.41, 5.74) is 4.57. The molecule has 0 aliphatic rings. The fraction of sp³-hybridized carbons (Fsp3) is 0. The van der Waals surface area contributed by atoms with Crippen LogP contribution >= 0.6 is 0 Å². The normalized spacial score (nSPS) is 10.0. The Morgan fingerprint density at radius 2 is 1.30 bits per heavy atom. The number of benzene rings is 3. The van der Waals surface area contributed by atoms with Gasteiger partial charge in [-0.15, -0.1) is 0 Å². The number of aromatic carboxylic acids is 1. The minimum absolute atomic E-state index is 0.172. The van der Waals surface area contributed by atoms with Gasteiger partial charge in [0.2, 0.25) is 0 Å². The highest BCUT2D eigenvalue weighted by Gasteiger charge is 2.11. The molecule has 0 radical (unpaired) electrons. The Balaban J connectivity index is 1.64. The van der Waals surface area contributed by atoms with Gasteiger partial charge in [0.25, 0.3) is 0 Å². The second kappa shape index (κ2) is 8.76. The van der Waals surface area contributed by atoms with E-state index in [-0.39, 0.29) is 5.56 Å². The van der Waals surface area contributed by atoms with E-state index >= 15 is 0 Å². The molecule has 0 aliphatic heterocycles. The maximum atomic E-state index is 11.1. The monoisotopic (exact) mass is 390 g/mol. The second-order valence-electron chi connectivity index (χ2n) is 6.54. The molecular formula is C26H18N2O2. The number of aromatic nitrogens is 1. The molecule has 0 unspecified atom stereocenters. The summed E-state index contributed by atoms with van der Waals surface area (Å²) in [4.78, 5) is 17.4. The number of carboxylic acids is 1. The standard InChI is InChI=1S/C26H18N2O2/c29-26(30)21-17-18-27-22(19-21)14-11-20-12-15-25(16-13-20)28(23-7-3-1-4-8-23)24-9-5-2-6-10-24/h1-10,12-13,15-19H,(H,29,30). The van der Waals surface area contributed by atoms with Crippen molar-refractivity contribution in [2.75, 3.05) is 4.90 Å². The highest BCUT2D eigenvalue weighted by atomic mass is 16.4. The van der Waals surface area contributed by atoms with Crippen LogP contribution in [0, 0.1) is 11.8 Å². The van der Waals surface area contributed by atoms with Gasteiger partial charge in [0.05, 0.1) is 5.56 Å². The fourth-order valence-electron chi connectivity index (χ4n) is 3.06. The van der Waals surface area contributed by atoms with Crippen LogP contribution in [0.15, 0.2) is 103 Å². The van der Waals surface area contributed by atoms with Crippen LogP contribution in [0.5, 0.6) is 0 Å². The lowest BCUT2D eigenvalue weighted by atomic mass is 10.1. The highest BCUT2D eigenvalue weighted by Crippen LogP contribution is 2.33. The van der Waals surface area contributed by atoms with E-state index in [9.17, 15) is 4.79 Å². The Bertz CT molecular complexity index is 1170. The molecule has 0 saturated heterocycles. The van der Waals surface area contributed by atoms with Crippen LogP contribution in [0.1, 0.15) is 21.6 Å².